The summed E-state index contributed by atoms with van der Waals surface area (Å²) in [5.41, 5.74) is 0.190. The first-order chi connectivity index (χ1) is 7.00. The molecule has 7 heteroatoms. The van der Waals surface area contributed by atoms with E-state index in [0.29, 0.717) is 6.54 Å². The Hall–Kier alpha value is -1.37. The topological polar surface area (TPSA) is 88.0 Å². The molecule has 1 rings (SSSR count). The lowest BCUT2D eigenvalue weighted by atomic mass is 10.4. The van der Waals surface area contributed by atoms with Gasteiger partial charge < -0.3 is 15.4 Å². The van der Waals surface area contributed by atoms with Crippen molar-refractivity contribution in [2.45, 2.75) is 11.8 Å². The summed E-state index contributed by atoms with van der Waals surface area (Å²) >= 11 is 3.27. The minimum Gasteiger partial charge on any atom is -0.358 e. The zero-order valence-corrected chi connectivity index (χ0v) is 9.58. The molecule has 0 aromatic carbocycles. The van der Waals surface area contributed by atoms with E-state index in [9.17, 15) is 14.9 Å². The monoisotopic (exact) mass is 275 g/mol. The van der Waals surface area contributed by atoms with Crippen molar-refractivity contribution in [1.82, 2.24) is 10.3 Å². The predicted octanol–water partition coefficient (Wildman–Crippen LogP) is 1.44. The molecule has 0 aliphatic rings. The highest BCUT2D eigenvalue weighted by atomic mass is 79.9. The summed E-state index contributed by atoms with van der Waals surface area (Å²) < 4.78 is 0. The average molecular weight is 276 g/mol. The number of aromatic amines is 1. The standard InChI is InChI=1S/C8H10BrN3O3/c1-5(9)4-10-8(13)6-2-3-7(11-6)12(14)15/h2-3,5,11H,4H2,1H3,(H,10,13). The van der Waals surface area contributed by atoms with Gasteiger partial charge in [0, 0.05) is 17.4 Å². The zero-order chi connectivity index (χ0) is 11.4. The van der Waals surface area contributed by atoms with Gasteiger partial charge >= 0.3 is 5.82 Å². The van der Waals surface area contributed by atoms with Crippen molar-refractivity contribution >= 4 is 27.7 Å². The molecule has 0 saturated heterocycles. The number of hydrogen-bond donors (Lipinski definition) is 2. The normalized spacial score (nSPS) is 12.1. The highest BCUT2D eigenvalue weighted by Crippen LogP contribution is 2.09. The van der Waals surface area contributed by atoms with Gasteiger partial charge in [-0.05, 0) is 11.0 Å². The maximum Gasteiger partial charge on any atom is 0.321 e. The number of nitrogens with one attached hydrogen (secondary N) is 2. The molecule has 1 atom stereocenters. The molecule has 2 N–H and O–H groups in total. The molecule has 0 aliphatic carbocycles. The second-order valence-electron chi connectivity index (χ2n) is 3.01. The lowest BCUT2D eigenvalue weighted by molar-refractivity contribution is -0.389. The molecule has 0 fully saturated rings. The van der Waals surface area contributed by atoms with Crippen LogP contribution < -0.4 is 5.32 Å². The molecule has 1 aromatic rings. The molecule has 82 valence electrons. The molecular formula is C8H10BrN3O3. The van der Waals surface area contributed by atoms with Crippen molar-refractivity contribution in [1.29, 1.82) is 0 Å². The summed E-state index contributed by atoms with van der Waals surface area (Å²) in [6, 6.07) is 2.64. The van der Waals surface area contributed by atoms with Gasteiger partial charge in [0.1, 0.15) is 0 Å². The van der Waals surface area contributed by atoms with Crippen LogP contribution in [0.4, 0.5) is 5.82 Å². The van der Waals surface area contributed by atoms with Gasteiger partial charge in [0.05, 0.1) is 0 Å². The lowest BCUT2D eigenvalue weighted by Crippen LogP contribution is -2.28. The molecule has 1 heterocycles. The van der Waals surface area contributed by atoms with Crippen molar-refractivity contribution < 1.29 is 9.72 Å². The maximum atomic E-state index is 11.4. The third-order valence-corrected chi connectivity index (χ3v) is 1.98. The first-order valence-electron chi connectivity index (χ1n) is 4.26. The summed E-state index contributed by atoms with van der Waals surface area (Å²) in [5, 5.41) is 12.9. The fourth-order valence-corrected chi connectivity index (χ4v) is 1.11. The molecule has 1 amide bonds. The van der Waals surface area contributed by atoms with Crippen molar-refractivity contribution in [3.63, 3.8) is 0 Å². The van der Waals surface area contributed by atoms with Gasteiger partial charge in [0.2, 0.25) is 0 Å². The zero-order valence-electron chi connectivity index (χ0n) is 7.99. The lowest BCUT2D eigenvalue weighted by Gasteiger charge is -2.03. The molecule has 0 aliphatic heterocycles. The molecule has 15 heavy (non-hydrogen) atoms. The number of alkyl halides is 1. The van der Waals surface area contributed by atoms with Crippen LogP contribution in [-0.2, 0) is 0 Å². The summed E-state index contributed by atoms with van der Waals surface area (Å²) in [5.74, 6) is -0.540. The van der Waals surface area contributed by atoms with Crippen molar-refractivity contribution in [2.24, 2.45) is 0 Å². The van der Waals surface area contributed by atoms with E-state index in [1.165, 1.54) is 12.1 Å². The van der Waals surface area contributed by atoms with Crippen LogP contribution >= 0.6 is 15.9 Å². The fraction of sp³-hybridized carbons (Fsp3) is 0.375. The third-order valence-electron chi connectivity index (χ3n) is 1.66. The minimum atomic E-state index is -0.579. The number of aromatic nitrogens is 1. The number of amides is 1. The second kappa shape index (κ2) is 4.92. The average Bonchev–Trinajstić information content (AvgIpc) is 2.62. The van der Waals surface area contributed by atoms with Crippen LogP contribution in [0.5, 0.6) is 0 Å². The van der Waals surface area contributed by atoms with Gasteiger partial charge in [0.15, 0.2) is 5.69 Å². The smallest absolute Gasteiger partial charge is 0.321 e. The van der Waals surface area contributed by atoms with E-state index in [-0.39, 0.29) is 22.2 Å². The molecule has 0 saturated carbocycles. The quantitative estimate of drug-likeness (QED) is 0.495. The van der Waals surface area contributed by atoms with Crippen molar-refractivity contribution in [3.05, 3.63) is 27.9 Å². The SMILES string of the molecule is CC(Br)CNC(=O)c1ccc([N+](=O)[O-])[nH]1. The Labute approximate surface area is 94.3 Å². The van der Waals surface area contributed by atoms with Crippen LogP contribution in [0.1, 0.15) is 17.4 Å². The number of halogens is 1. The number of H-pyrrole nitrogens is 1. The van der Waals surface area contributed by atoms with Crippen LogP contribution in [0.25, 0.3) is 0 Å². The van der Waals surface area contributed by atoms with Gasteiger partial charge in [-0.1, -0.05) is 22.9 Å². The Bertz CT molecular complexity index is 375. The molecule has 0 spiro atoms. The first-order valence-corrected chi connectivity index (χ1v) is 5.18. The Balaban J connectivity index is 2.62. The maximum absolute atomic E-state index is 11.4. The summed E-state index contributed by atoms with van der Waals surface area (Å²) in [7, 11) is 0. The van der Waals surface area contributed by atoms with E-state index in [0.717, 1.165) is 0 Å². The Morgan fingerprint density at radius 1 is 1.73 bits per heavy atom. The largest absolute Gasteiger partial charge is 0.358 e. The number of rotatable bonds is 4. The van der Waals surface area contributed by atoms with Gasteiger partial charge in [0.25, 0.3) is 5.91 Å². The number of carbonyl (C=O) groups excluding carboxylic acids is 1. The van der Waals surface area contributed by atoms with E-state index in [1.807, 2.05) is 6.92 Å². The van der Waals surface area contributed by atoms with Crippen LogP contribution in [0.3, 0.4) is 0 Å². The molecule has 1 unspecified atom stereocenters. The molecule has 0 radical (unpaired) electrons. The molecule has 0 bridgehead atoms. The molecular weight excluding hydrogens is 266 g/mol. The van der Waals surface area contributed by atoms with Crippen LogP contribution in [-0.4, -0.2) is 27.2 Å². The highest BCUT2D eigenvalue weighted by Gasteiger charge is 2.14. The van der Waals surface area contributed by atoms with Crippen molar-refractivity contribution in [2.75, 3.05) is 6.54 Å². The minimum absolute atomic E-state index is 0.159. The number of nitro groups is 1. The Morgan fingerprint density at radius 3 is 2.87 bits per heavy atom. The van der Waals surface area contributed by atoms with Crippen LogP contribution in [0.15, 0.2) is 12.1 Å². The highest BCUT2D eigenvalue weighted by molar-refractivity contribution is 9.09. The van der Waals surface area contributed by atoms with E-state index in [1.54, 1.807) is 0 Å². The fourth-order valence-electron chi connectivity index (χ4n) is 0.951. The van der Waals surface area contributed by atoms with Gasteiger partial charge in [-0.25, -0.2) is 4.98 Å². The number of carbonyl (C=O) groups is 1. The van der Waals surface area contributed by atoms with E-state index >= 15 is 0 Å². The van der Waals surface area contributed by atoms with E-state index < -0.39 is 4.92 Å². The van der Waals surface area contributed by atoms with Gasteiger partial charge in [-0.15, -0.1) is 0 Å². The van der Waals surface area contributed by atoms with E-state index in [2.05, 4.69) is 26.2 Å². The van der Waals surface area contributed by atoms with Crippen molar-refractivity contribution in [3.8, 4) is 0 Å². The molecule has 6 nitrogen and oxygen atoms in total. The molecule has 1 aromatic heterocycles. The van der Waals surface area contributed by atoms with Gasteiger partial charge in [-0.2, -0.15) is 0 Å². The predicted molar refractivity (Wildman–Crippen MR) is 58.2 cm³/mol. The van der Waals surface area contributed by atoms with Crippen LogP contribution in [0.2, 0.25) is 0 Å². The number of nitrogens with zero attached hydrogens (tertiary/aromatic N) is 1. The summed E-state index contributed by atoms with van der Waals surface area (Å²) in [4.78, 5) is 23.7. The Morgan fingerprint density at radius 2 is 2.40 bits per heavy atom. The first kappa shape index (κ1) is 11.7. The summed E-state index contributed by atoms with van der Waals surface area (Å²) in [6.45, 7) is 2.35. The Kier molecular flexibility index (Phi) is 3.84. The second-order valence-corrected chi connectivity index (χ2v) is 4.57. The van der Waals surface area contributed by atoms with Gasteiger partial charge in [-0.3, -0.25) is 4.79 Å². The summed E-state index contributed by atoms with van der Waals surface area (Å²) in [6.07, 6.45) is 0. The number of hydrogen-bond acceptors (Lipinski definition) is 3. The third kappa shape index (κ3) is 3.35. The van der Waals surface area contributed by atoms with Crippen LogP contribution in [0, 0.1) is 10.1 Å². The van der Waals surface area contributed by atoms with E-state index in [4.69, 9.17) is 0 Å².